The number of benzene rings is 2. The van der Waals surface area contributed by atoms with Crippen molar-refractivity contribution in [2.75, 3.05) is 13.7 Å². The fourth-order valence-corrected chi connectivity index (χ4v) is 4.45. The first kappa shape index (κ1) is 24.6. The lowest BCUT2D eigenvalue weighted by molar-refractivity contribution is -0.137. The number of rotatable bonds is 10. The lowest BCUT2D eigenvalue weighted by atomic mass is 9.93. The fraction of sp³-hybridized carbons (Fsp3) is 0.333. The van der Waals surface area contributed by atoms with Gasteiger partial charge >= 0.3 is 5.97 Å². The molecule has 0 amide bonds. The summed E-state index contributed by atoms with van der Waals surface area (Å²) >= 11 is 1.58. The number of furan rings is 1. The van der Waals surface area contributed by atoms with Crippen LogP contribution in [0.25, 0.3) is 21.7 Å². The number of aliphatic carboxylic acids is 1. The van der Waals surface area contributed by atoms with Crippen LogP contribution in [0.3, 0.4) is 0 Å². The zero-order chi connectivity index (χ0) is 25.0. The van der Waals surface area contributed by atoms with Crippen molar-refractivity contribution in [1.82, 2.24) is 4.98 Å². The number of carboxylic acids is 1. The highest BCUT2D eigenvalue weighted by Crippen LogP contribution is 2.34. The van der Waals surface area contributed by atoms with E-state index in [9.17, 15) is 4.79 Å². The third-order valence-corrected chi connectivity index (χ3v) is 6.28. The Morgan fingerprint density at radius 3 is 2.57 bits per heavy atom. The highest BCUT2D eigenvalue weighted by molar-refractivity contribution is 7.13. The number of thiazole rings is 1. The molecular weight excluding hydrogens is 466 g/mol. The SMILES string of the molecule is COc1cc(OCCCC(=O)O)ccc1COc1ccc2oc(-c3nc(C(C)(C)C)cs3)cc2c1. The molecule has 0 unspecified atom stereocenters. The van der Waals surface area contributed by atoms with E-state index in [2.05, 4.69) is 26.2 Å². The molecule has 4 rings (SSSR count). The number of aromatic nitrogens is 1. The van der Waals surface area contributed by atoms with Crippen molar-refractivity contribution in [2.24, 2.45) is 0 Å². The molecule has 184 valence electrons. The minimum absolute atomic E-state index is 0.00644. The summed E-state index contributed by atoms with van der Waals surface area (Å²) in [5.41, 5.74) is 2.69. The molecule has 1 N–H and O–H groups in total. The van der Waals surface area contributed by atoms with E-state index in [4.69, 9.17) is 28.7 Å². The van der Waals surface area contributed by atoms with Gasteiger partial charge in [0.25, 0.3) is 0 Å². The Bertz CT molecular complexity index is 1320. The number of hydrogen-bond acceptors (Lipinski definition) is 7. The van der Waals surface area contributed by atoms with Crippen LogP contribution in [0, 0.1) is 0 Å². The molecule has 0 aliphatic heterocycles. The van der Waals surface area contributed by atoms with E-state index in [-0.39, 0.29) is 11.8 Å². The minimum Gasteiger partial charge on any atom is -0.496 e. The fourth-order valence-electron chi connectivity index (χ4n) is 3.46. The van der Waals surface area contributed by atoms with Crippen LogP contribution in [0.15, 0.2) is 52.3 Å². The predicted molar refractivity (Wildman–Crippen MR) is 136 cm³/mol. The summed E-state index contributed by atoms with van der Waals surface area (Å²) in [6.07, 6.45) is 0.522. The molecule has 7 nitrogen and oxygen atoms in total. The van der Waals surface area contributed by atoms with E-state index in [1.165, 1.54) is 0 Å². The number of nitrogens with zero attached hydrogens (tertiary/aromatic N) is 1. The molecule has 35 heavy (non-hydrogen) atoms. The third kappa shape index (κ3) is 6.14. The van der Waals surface area contributed by atoms with E-state index >= 15 is 0 Å². The molecule has 4 aromatic rings. The van der Waals surface area contributed by atoms with E-state index in [1.54, 1.807) is 24.5 Å². The van der Waals surface area contributed by atoms with Gasteiger partial charge in [0.2, 0.25) is 0 Å². The van der Waals surface area contributed by atoms with Crippen LogP contribution >= 0.6 is 11.3 Å². The quantitative estimate of drug-likeness (QED) is 0.245. The number of carboxylic acid groups (broad SMARTS) is 1. The molecule has 0 saturated carbocycles. The Morgan fingerprint density at radius 1 is 1.09 bits per heavy atom. The first-order valence-corrected chi connectivity index (χ1v) is 12.2. The summed E-state index contributed by atoms with van der Waals surface area (Å²) in [5.74, 6) is 1.90. The molecule has 2 aromatic heterocycles. The lowest BCUT2D eigenvalue weighted by Gasteiger charge is -2.13. The highest BCUT2D eigenvalue weighted by Gasteiger charge is 2.19. The molecular formula is C27H29NO6S. The van der Waals surface area contributed by atoms with Gasteiger partial charge in [0.15, 0.2) is 10.8 Å². The zero-order valence-electron chi connectivity index (χ0n) is 20.3. The zero-order valence-corrected chi connectivity index (χ0v) is 21.1. The van der Waals surface area contributed by atoms with Crippen LogP contribution in [0.5, 0.6) is 17.2 Å². The Hall–Kier alpha value is -3.52. The van der Waals surface area contributed by atoms with Crippen LogP contribution < -0.4 is 14.2 Å². The molecule has 0 aliphatic rings. The molecule has 2 heterocycles. The molecule has 2 aromatic carbocycles. The van der Waals surface area contributed by atoms with Gasteiger partial charge in [0.05, 0.1) is 19.4 Å². The standard InChI is InChI=1S/C27H29NO6S/c1-27(2,3)24-16-35-26(28-24)23-13-18-12-19(9-10-21(18)34-23)33-15-17-7-8-20(14-22(17)31-4)32-11-5-6-25(29)30/h7-10,12-14,16H,5-6,11,15H2,1-4H3,(H,29,30). The molecule has 8 heteroatoms. The van der Waals surface area contributed by atoms with Gasteiger partial charge in [-0.05, 0) is 42.8 Å². The Balaban J connectivity index is 1.42. The van der Waals surface area contributed by atoms with Crippen molar-refractivity contribution in [1.29, 1.82) is 0 Å². The van der Waals surface area contributed by atoms with Gasteiger partial charge in [0.1, 0.15) is 29.4 Å². The Morgan fingerprint density at radius 2 is 1.86 bits per heavy atom. The van der Waals surface area contributed by atoms with Crippen molar-refractivity contribution in [3.63, 3.8) is 0 Å². The topological polar surface area (TPSA) is 91.0 Å². The molecule has 0 radical (unpaired) electrons. The minimum atomic E-state index is -0.832. The normalized spacial score (nSPS) is 11.5. The molecule has 0 bridgehead atoms. The lowest BCUT2D eigenvalue weighted by Crippen LogP contribution is -2.11. The van der Waals surface area contributed by atoms with E-state index < -0.39 is 5.97 Å². The number of carbonyl (C=O) groups is 1. The highest BCUT2D eigenvalue weighted by atomic mass is 32.1. The maximum atomic E-state index is 10.6. The molecule has 0 saturated heterocycles. The predicted octanol–water partition coefficient (Wildman–Crippen LogP) is 6.69. The van der Waals surface area contributed by atoms with Crippen molar-refractivity contribution >= 4 is 28.3 Å². The Labute approximate surface area is 208 Å². The second-order valence-electron chi connectivity index (χ2n) is 9.21. The first-order valence-electron chi connectivity index (χ1n) is 11.4. The van der Waals surface area contributed by atoms with Gasteiger partial charge in [-0.3, -0.25) is 4.79 Å². The van der Waals surface area contributed by atoms with E-state index in [1.807, 2.05) is 36.4 Å². The van der Waals surface area contributed by atoms with Crippen molar-refractivity contribution in [2.45, 2.75) is 45.6 Å². The number of methoxy groups -OCH3 is 1. The van der Waals surface area contributed by atoms with Crippen molar-refractivity contribution in [3.8, 4) is 28.0 Å². The second kappa shape index (κ2) is 10.4. The number of fused-ring (bicyclic) bond motifs is 1. The number of ether oxygens (including phenoxy) is 3. The summed E-state index contributed by atoms with van der Waals surface area (Å²) in [5, 5.41) is 12.6. The summed E-state index contributed by atoms with van der Waals surface area (Å²) in [6.45, 7) is 7.08. The van der Waals surface area contributed by atoms with Crippen LogP contribution in [-0.4, -0.2) is 29.8 Å². The van der Waals surface area contributed by atoms with Crippen molar-refractivity contribution < 1.29 is 28.5 Å². The van der Waals surface area contributed by atoms with Crippen molar-refractivity contribution in [3.05, 3.63) is 59.1 Å². The van der Waals surface area contributed by atoms with E-state index in [0.717, 1.165) is 38.7 Å². The average molecular weight is 496 g/mol. The van der Waals surface area contributed by atoms with Gasteiger partial charge in [-0.15, -0.1) is 11.3 Å². The largest absolute Gasteiger partial charge is 0.496 e. The third-order valence-electron chi connectivity index (χ3n) is 5.43. The monoisotopic (exact) mass is 495 g/mol. The summed E-state index contributed by atoms with van der Waals surface area (Å²) in [7, 11) is 1.59. The van der Waals surface area contributed by atoms with Gasteiger partial charge in [-0.25, -0.2) is 4.98 Å². The summed E-state index contributed by atoms with van der Waals surface area (Å²) < 4.78 is 23.2. The molecule has 0 fully saturated rings. The first-order chi connectivity index (χ1) is 16.7. The van der Waals surface area contributed by atoms with Gasteiger partial charge < -0.3 is 23.7 Å². The van der Waals surface area contributed by atoms with E-state index in [0.29, 0.717) is 31.1 Å². The molecule has 0 atom stereocenters. The maximum absolute atomic E-state index is 10.6. The van der Waals surface area contributed by atoms with Crippen LogP contribution in [0.4, 0.5) is 0 Å². The van der Waals surface area contributed by atoms with Gasteiger partial charge in [0, 0.05) is 34.2 Å². The molecule has 0 aliphatic carbocycles. The maximum Gasteiger partial charge on any atom is 0.303 e. The summed E-state index contributed by atoms with van der Waals surface area (Å²) in [4.78, 5) is 15.4. The second-order valence-corrected chi connectivity index (χ2v) is 10.1. The molecule has 0 spiro atoms. The van der Waals surface area contributed by atoms with Crippen LogP contribution in [-0.2, 0) is 16.8 Å². The summed E-state index contributed by atoms with van der Waals surface area (Å²) in [6, 6.07) is 13.2. The van der Waals surface area contributed by atoms with Crippen LogP contribution in [0.2, 0.25) is 0 Å². The Kier molecular flexibility index (Phi) is 7.31. The average Bonchev–Trinajstić information content (AvgIpc) is 3.47. The van der Waals surface area contributed by atoms with Gasteiger partial charge in [-0.2, -0.15) is 0 Å². The van der Waals surface area contributed by atoms with Gasteiger partial charge in [-0.1, -0.05) is 20.8 Å². The van der Waals surface area contributed by atoms with Crippen LogP contribution in [0.1, 0.15) is 44.9 Å². The smallest absolute Gasteiger partial charge is 0.303 e. The number of hydrogen-bond donors (Lipinski definition) is 1.